The Morgan fingerprint density at radius 3 is 2.22 bits per heavy atom. The van der Waals surface area contributed by atoms with Gasteiger partial charge in [-0.05, 0) is 93.5 Å². The lowest BCUT2D eigenvalue weighted by atomic mass is 9.35. The van der Waals surface area contributed by atoms with Gasteiger partial charge in [-0.25, -0.2) is 0 Å². The highest BCUT2D eigenvalue weighted by Crippen LogP contribution is 2.74. The lowest BCUT2D eigenvalue weighted by molar-refractivity contribution is -0.327. The first-order valence-electron chi connectivity index (χ1n) is 20.1. The number of fused-ring (bicyclic) bond motifs is 6. The fourth-order valence-electron chi connectivity index (χ4n) is 12.4. The topological polar surface area (TPSA) is 247 Å². The van der Waals surface area contributed by atoms with Gasteiger partial charge in [0.25, 0.3) is 0 Å². The Labute approximate surface area is 323 Å². The average molecular weight is 783 g/mol. The number of aliphatic hydroxyl groups excluding tert-OH is 10. The van der Waals surface area contributed by atoms with Crippen LogP contribution in [0.25, 0.3) is 0 Å². The van der Waals surface area contributed by atoms with Crippen molar-refractivity contribution in [3.8, 4) is 0 Å². The Hall–Kier alpha value is -1.53. The van der Waals surface area contributed by atoms with Gasteiger partial charge in [-0.15, -0.1) is 0 Å². The molecule has 3 saturated carbocycles. The molecule has 4 fully saturated rings. The van der Waals surface area contributed by atoms with Crippen molar-refractivity contribution in [2.24, 2.45) is 44.3 Å². The molecule has 0 spiro atoms. The second-order valence-electron chi connectivity index (χ2n) is 19.3. The van der Waals surface area contributed by atoms with Gasteiger partial charge in [-0.1, -0.05) is 45.4 Å². The Kier molecular flexibility index (Phi) is 11.7. The van der Waals surface area contributed by atoms with E-state index in [2.05, 4.69) is 32.9 Å². The molecule has 14 heteroatoms. The SMILES string of the molecule is C[C@@H]1O[C@@H](O[C@H]2CC[C@@]3(C)[C@@H](CC[C@]4(C)[C@@H]3C=CC3=C5C[C@@](C)(C(=O)OC[C@H](O)[C@H](O)[C@H](O)CO)CC[C@]5(CO)[C@H](O)C[C@]34C)[C@]2(C)CO)[C@H](O)[C@H](O)[C@H]1O. The summed E-state index contributed by atoms with van der Waals surface area (Å²) < 4.78 is 17.7. The van der Waals surface area contributed by atoms with E-state index in [0.717, 1.165) is 30.4 Å². The van der Waals surface area contributed by atoms with Crippen LogP contribution in [0.15, 0.2) is 23.3 Å². The zero-order valence-corrected chi connectivity index (χ0v) is 33.2. The van der Waals surface area contributed by atoms with Gasteiger partial charge < -0.3 is 65.3 Å². The summed E-state index contributed by atoms with van der Waals surface area (Å²) >= 11 is 0. The summed E-state index contributed by atoms with van der Waals surface area (Å²) in [7, 11) is 0. The molecule has 0 amide bonds. The van der Waals surface area contributed by atoms with Crippen molar-refractivity contribution in [2.45, 2.75) is 154 Å². The number of hydrogen-bond donors (Lipinski definition) is 10. The molecule has 14 nitrogen and oxygen atoms in total. The highest BCUT2D eigenvalue weighted by atomic mass is 16.7. The quantitative estimate of drug-likeness (QED) is 0.107. The minimum atomic E-state index is -1.71. The van der Waals surface area contributed by atoms with E-state index in [0.29, 0.717) is 25.7 Å². The monoisotopic (exact) mass is 782 g/mol. The maximum Gasteiger partial charge on any atom is 0.312 e. The van der Waals surface area contributed by atoms with Gasteiger partial charge in [0.2, 0.25) is 0 Å². The highest BCUT2D eigenvalue weighted by Gasteiger charge is 2.69. The third-order valence-electron chi connectivity index (χ3n) is 16.4. The second kappa shape index (κ2) is 14.9. The molecule has 18 atom stereocenters. The highest BCUT2D eigenvalue weighted by molar-refractivity contribution is 5.77. The van der Waals surface area contributed by atoms with E-state index in [1.165, 1.54) is 0 Å². The number of esters is 1. The molecule has 0 radical (unpaired) electrons. The van der Waals surface area contributed by atoms with Gasteiger partial charge in [-0.3, -0.25) is 4.79 Å². The van der Waals surface area contributed by atoms with E-state index in [4.69, 9.17) is 19.3 Å². The van der Waals surface area contributed by atoms with E-state index in [9.17, 15) is 50.8 Å². The number of aliphatic hydroxyl groups is 10. The summed E-state index contributed by atoms with van der Waals surface area (Å²) in [6.45, 7) is 10.3. The fraction of sp³-hybridized carbons (Fsp3) is 0.878. The Bertz CT molecular complexity index is 1500. The van der Waals surface area contributed by atoms with Crippen molar-refractivity contribution in [2.75, 3.05) is 26.4 Å². The van der Waals surface area contributed by atoms with Crippen LogP contribution in [0, 0.1) is 44.3 Å². The normalized spacial score (nSPS) is 49.9. The van der Waals surface area contributed by atoms with Gasteiger partial charge in [0.15, 0.2) is 6.29 Å². The Morgan fingerprint density at radius 1 is 0.891 bits per heavy atom. The zero-order valence-electron chi connectivity index (χ0n) is 33.2. The second-order valence-corrected chi connectivity index (χ2v) is 19.3. The summed E-state index contributed by atoms with van der Waals surface area (Å²) in [5.41, 5.74) is -2.18. The van der Waals surface area contributed by atoms with Crippen LogP contribution >= 0.6 is 0 Å². The van der Waals surface area contributed by atoms with Crippen LogP contribution in [-0.4, -0.2) is 145 Å². The van der Waals surface area contributed by atoms with Crippen molar-refractivity contribution < 1.29 is 70.1 Å². The molecule has 6 aliphatic rings. The van der Waals surface area contributed by atoms with Gasteiger partial charge in [0, 0.05) is 16.2 Å². The van der Waals surface area contributed by atoms with Crippen LogP contribution in [0.4, 0.5) is 0 Å². The minimum Gasteiger partial charge on any atom is -0.462 e. The number of allylic oxidation sites excluding steroid dienone is 3. The summed E-state index contributed by atoms with van der Waals surface area (Å²) in [5, 5.41) is 105. The van der Waals surface area contributed by atoms with Crippen molar-refractivity contribution >= 4 is 5.97 Å². The molecule has 0 aromatic carbocycles. The third kappa shape index (κ3) is 6.40. The molecule has 0 unspecified atom stereocenters. The number of ether oxygens (including phenoxy) is 3. The molecule has 0 bridgehead atoms. The van der Waals surface area contributed by atoms with E-state index in [-0.39, 0.29) is 42.3 Å². The molecule has 6 rings (SSSR count). The number of hydrogen-bond acceptors (Lipinski definition) is 14. The molecule has 0 aromatic rings. The predicted octanol–water partition coefficient (Wildman–Crippen LogP) is 0.455. The lowest BCUT2D eigenvalue weighted by Crippen LogP contribution is -2.66. The number of carbonyl (C=O) groups excluding carboxylic acids is 1. The van der Waals surface area contributed by atoms with E-state index in [1.807, 2.05) is 6.92 Å². The van der Waals surface area contributed by atoms with E-state index >= 15 is 0 Å². The smallest absolute Gasteiger partial charge is 0.312 e. The van der Waals surface area contributed by atoms with Crippen molar-refractivity contribution in [3.63, 3.8) is 0 Å². The first-order valence-corrected chi connectivity index (χ1v) is 20.1. The van der Waals surface area contributed by atoms with Crippen LogP contribution in [0.2, 0.25) is 0 Å². The number of rotatable bonds is 10. The van der Waals surface area contributed by atoms with Crippen molar-refractivity contribution in [1.82, 2.24) is 0 Å². The lowest BCUT2D eigenvalue weighted by Gasteiger charge is -2.70. The minimum absolute atomic E-state index is 0.0110. The zero-order chi connectivity index (χ0) is 40.7. The molecule has 55 heavy (non-hydrogen) atoms. The maximum atomic E-state index is 13.7. The summed E-state index contributed by atoms with van der Waals surface area (Å²) in [6.07, 6.45) is -3.95. The maximum absolute atomic E-state index is 13.7. The molecule has 1 aliphatic heterocycles. The van der Waals surface area contributed by atoms with E-state index in [1.54, 1.807) is 13.8 Å². The summed E-state index contributed by atoms with van der Waals surface area (Å²) in [6, 6.07) is 0. The Morgan fingerprint density at radius 2 is 1.58 bits per heavy atom. The number of carbonyl (C=O) groups is 1. The third-order valence-corrected chi connectivity index (χ3v) is 16.4. The standard InChI is InChI=1S/C41H66O14/c1-21-30(48)32(50)33(51)34(54-21)55-29-10-11-37(3)26(38(29,4)19-43)9-12-39(5)27(37)8-7-22-23-15-36(2,35(52)53-18-25(46)31(49)24(45)17-42)13-14-41(23,20-44)28(47)16-40(22,39)6/h7-8,21,24-34,42-51H,9-20H2,1-6H3/t21-,24+,25-,26+,27+,28+,29-,30-,31+,32+,33+,34-,36-,37-,38-,39+,40+,41+/m0/s1. The van der Waals surface area contributed by atoms with Gasteiger partial charge in [-0.2, -0.15) is 0 Å². The predicted molar refractivity (Wildman–Crippen MR) is 197 cm³/mol. The van der Waals surface area contributed by atoms with Crippen LogP contribution < -0.4 is 0 Å². The van der Waals surface area contributed by atoms with Gasteiger partial charge >= 0.3 is 5.97 Å². The molecular weight excluding hydrogens is 716 g/mol. The van der Waals surface area contributed by atoms with Crippen LogP contribution in [0.3, 0.4) is 0 Å². The van der Waals surface area contributed by atoms with Crippen LogP contribution in [-0.2, 0) is 19.0 Å². The Balaban J connectivity index is 1.31. The van der Waals surface area contributed by atoms with Crippen molar-refractivity contribution in [3.05, 3.63) is 23.3 Å². The molecular formula is C41H66O14. The molecule has 1 saturated heterocycles. The van der Waals surface area contributed by atoms with Gasteiger partial charge in [0.05, 0.1) is 43.5 Å². The van der Waals surface area contributed by atoms with Crippen LogP contribution in [0.5, 0.6) is 0 Å². The first-order chi connectivity index (χ1) is 25.6. The largest absolute Gasteiger partial charge is 0.462 e. The summed E-state index contributed by atoms with van der Waals surface area (Å²) in [5.74, 6) is -0.600. The summed E-state index contributed by atoms with van der Waals surface area (Å²) in [4.78, 5) is 13.7. The molecule has 10 N–H and O–H groups in total. The first kappa shape index (κ1) is 43.1. The molecule has 1 heterocycles. The van der Waals surface area contributed by atoms with E-state index < -0.39 is 102 Å². The van der Waals surface area contributed by atoms with Crippen molar-refractivity contribution in [1.29, 1.82) is 0 Å². The fourth-order valence-corrected chi connectivity index (χ4v) is 12.4. The molecule has 0 aromatic heterocycles. The average Bonchev–Trinajstić information content (AvgIpc) is 3.15. The van der Waals surface area contributed by atoms with Crippen LogP contribution in [0.1, 0.15) is 92.9 Å². The molecule has 5 aliphatic carbocycles. The van der Waals surface area contributed by atoms with Gasteiger partial charge in [0.1, 0.15) is 43.2 Å². The molecule has 314 valence electrons.